The molecule has 3 aromatic rings. The number of nitrogens with one attached hydrogen (secondary N) is 1. The Morgan fingerprint density at radius 3 is 2.85 bits per heavy atom. The van der Waals surface area contributed by atoms with Gasteiger partial charge in [0.15, 0.2) is 23.1 Å². The van der Waals surface area contributed by atoms with Gasteiger partial charge in [0.2, 0.25) is 5.95 Å². The van der Waals surface area contributed by atoms with Crippen LogP contribution in [0.1, 0.15) is 11.1 Å². The first-order valence-electron chi connectivity index (χ1n) is 10.4. The van der Waals surface area contributed by atoms with E-state index in [0.717, 1.165) is 17.3 Å². The zero-order chi connectivity index (χ0) is 23.9. The average Bonchev–Trinajstić information content (AvgIpc) is 2.85. The van der Waals surface area contributed by atoms with Gasteiger partial charge in [-0.15, -0.1) is 0 Å². The molecule has 0 spiro atoms. The van der Waals surface area contributed by atoms with Crippen molar-refractivity contribution < 1.29 is 18.6 Å². The van der Waals surface area contributed by atoms with Crippen molar-refractivity contribution in [2.45, 2.75) is 6.61 Å². The molecule has 11 heteroatoms. The highest BCUT2D eigenvalue weighted by molar-refractivity contribution is 9.10. The molecular formula is C23H22BrClFN5O3. The predicted octanol–water partition coefficient (Wildman–Crippen LogP) is 4.90. The van der Waals surface area contributed by atoms with E-state index in [2.05, 4.69) is 36.4 Å². The van der Waals surface area contributed by atoms with Crippen molar-refractivity contribution in [3.8, 4) is 11.5 Å². The van der Waals surface area contributed by atoms with E-state index in [9.17, 15) is 4.39 Å². The topological polar surface area (TPSA) is 81.1 Å². The van der Waals surface area contributed by atoms with E-state index in [4.69, 9.17) is 25.8 Å². The molecule has 0 unspecified atom stereocenters. The quantitative estimate of drug-likeness (QED) is 0.316. The Hall–Kier alpha value is -2.95. The summed E-state index contributed by atoms with van der Waals surface area (Å²) in [5, 5.41) is 4.81. The van der Waals surface area contributed by atoms with Crippen LogP contribution in [0.5, 0.6) is 11.5 Å². The molecule has 0 saturated carbocycles. The van der Waals surface area contributed by atoms with Gasteiger partial charge in [-0.2, -0.15) is 10.1 Å². The number of ether oxygens (including phenoxy) is 3. The molecule has 8 nitrogen and oxygen atoms in total. The fourth-order valence-electron chi connectivity index (χ4n) is 3.29. The van der Waals surface area contributed by atoms with Crippen LogP contribution in [-0.4, -0.2) is 49.6 Å². The Kier molecular flexibility index (Phi) is 8.15. The Morgan fingerprint density at radius 1 is 1.29 bits per heavy atom. The van der Waals surface area contributed by atoms with Gasteiger partial charge >= 0.3 is 0 Å². The summed E-state index contributed by atoms with van der Waals surface area (Å²) in [5.41, 5.74) is 4.34. The van der Waals surface area contributed by atoms with Crippen LogP contribution < -0.4 is 19.8 Å². The third kappa shape index (κ3) is 5.94. The second kappa shape index (κ2) is 11.5. The van der Waals surface area contributed by atoms with Crippen molar-refractivity contribution in [3.05, 3.63) is 69.0 Å². The molecule has 2 heterocycles. The molecule has 1 aromatic heterocycles. The first kappa shape index (κ1) is 24.2. The van der Waals surface area contributed by atoms with E-state index in [1.807, 2.05) is 35.2 Å². The van der Waals surface area contributed by atoms with E-state index in [0.29, 0.717) is 47.3 Å². The zero-order valence-corrected chi connectivity index (χ0v) is 20.6. The first-order chi connectivity index (χ1) is 16.5. The van der Waals surface area contributed by atoms with Gasteiger partial charge in [0.25, 0.3) is 0 Å². The fourth-order valence-corrected chi connectivity index (χ4v) is 4.06. The van der Waals surface area contributed by atoms with Gasteiger partial charge in [0.1, 0.15) is 6.61 Å². The highest BCUT2D eigenvalue weighted by Gasteiger charge is 2.18. The van der Waals surface area contributed by atoms with Crippen LogP contribution in [0.3, 0.4) is 0 Å². The number of rotatable bonds is 8. The fraction of sp³-hybridized carbons (Fsp3) is 0.261. The van der Waals surface area contributed by atoms with Crippen LogP contribution in [-0.2, 0) is 11.3 Å². The summed E-state index contributed by atoms with van der Waals surface area (Å²) in [6, 6.07) is 11.1. The average molecular weight is 551 g/mol. The Morgan fingerprint density at radius 2 is 2.09 bits per heavy atom. The van der Waals surface area contributed by atoms with Crippen molar-refractivity contribution in [3.63, 3.8) is 0 Å². The summed E-state index contributed by atoms with van der Waals surface area (Å²) in [4.78, 5) is 10.0. The van der Waals surface area contributed by atoms with Gasteiger partial charge in [-0.05, 0) is 39.7 Å². The van der Waals surface area contributed by atoms with Crippen LogP contribution in [0, 0.1) is 5.82 Å². The standard InChI is InChI=1S/C23H22BrClFN5O3/c1-32-20-11-15(10-17(24)21(20)34-14-16-4-2-3-5-18(16)25)12-28-30-23-27-13-19(26)22(29-23)31-6-8-33-9-7-31/h2-5,10-13H,6-9,14H2,1H3,(H,27,29,30)/b28-12-. The van der Waals surface area contributed by atoms with Crippen LogP contribution in [0.15, 0.2) is 52.2 Å². The SMILES string of the molecule is COc1cc(/C=N\Nc2ncc(F)c(N3CCOCC3)n2)cc(Br)c1OCc1ccccc1Cl. The molecule has 0 aliphatic carbocycles. The molecule has 2 aromatic carbocycles. The Bertz CT molecular complexity index is 1180. The number of hydrogen-bond donors (Lipinski definition) is 1. The second-order valence-corrected chi connectivity index (χ2v) is 8.51. The normalized spacial score (nSPS) is 13.8. The number of hydrogen-bond acceptors (Lipinski definition) is 8. The van der Waals surface area contributed by atoms with Crippen LogP contribution in [0.25, 0.3) is 0 Å². The number of benzene rings is 2. The lowest BCUT2D eigenvalue weighted by Gasteiger charge is -2.27. The Labute approximate surface area is 209 Å². The molecule has 178 valence electrons. The second-order valence-electron chi connectivity index (χ2n) is 7.25. The van der Waals surface area contributed by atoms with Crippen molar-refractivity contribution in [1.82, 2.24) is 9.97 Å². The number of anilines is 2. The smallest absolute Gasteiger partial charge is 0.245 e. The minimum absolute atomic E-state index is 0.185. The number of halogens is 3. The third-order valence-corrected chi connectivity index (χ3v) is 5.95. The molecular weight excluding hydrogens is 529 g/mol. The minimum atomic E-state index is -0.488. The molecule has 1 aliphatic rings. The molecule has 1 fully saturated rings. The molecule has 1 saturated heterocycles. The van der Waals surface area contributed by atoms with E-state index in [-0.39, 0.29) is 18.4 Å². The van der Waals surface area contributed by atoms with E-state index in [1.54, 1.807) is 19.4 Å². The van der Waals surface area contributed by atoms with Crippen LogP contribution in [0.4, 0.5) is 16.2 Å². The maximum absolute atomic E-state index is 14.2. The summed E-state index contributed by atoms with van der Waals surface area (Å²) < 4.78 is 31.6. The largest absolute Gasteiger partial charge is 0.493 e. The van der Waals surface area contributed by atoms with Gasteiger partial charge in [-0.3, -0.25) is 0 Å². The molecule has 0 bridgehead atoms. The summed E-state index contributed by atoms with van der Waals surface area (Å²) in [6.45, 7) is 2.47. The lowest BCUT2D eigenvalue weighted by Crippen LogP contribution is -2.37. The Balaban J connectivity index is 1.45. The lowest BCUT2D eigenvalue weighted by molar-refractivity contribution is 0.122. The molecule has 34 heavy (non-hydrogen) atoms. The van der Waals surface area contributed by atoms with Gasteiger partial charge in [0, 0.05) is 23.7 Å². The summed E-state index contributed by atoms with van der Waals surface area (Å²) in [6.07, 6.45) is 2.70. The van der Waals surface area contributed by atoms with Crippen LogP contribution in [0.2, 0.25) is 5.02 Å². The van der Waals surface area contributed by atoms with Crippen molar-refractivity contribution in [1.29, 1.82) is 0 Å². The maximum Gasteiger partial charge on any atom is 0.245 e. The van der Waals surface area contributed by atoms with E-state index >= 15 is 0 Å². The number of aromatic nitrogens is 2. The van der Waals surface area contributed by atoms with E-state index < -0.39 is 5.82 Å². The van der Waals surface area contributed by atoms with Gasteiger partial charge in [-0.25, -0.2) is 14.8 Å². The minimum Gasteiger partial charge on any atom is -0.493 e. The number of nitrogens with zero attached hydrogens (tertiary/aromatic N) is 4. The molecule has 0 amide bonds. The zero-order valence-electron chi connectivity index (χ0n) is 18.3. The van der Waals surface area contributed by atoms with Crippen molar-refractivity contribution in [2.75, 3.05) is 43.7 Å². The van der Waals surface area contributed by atoms with Gasteiger partial charge < -0.3 is 19.1 Å². The highest BCUT2D eigenvalue weighted by Crippen LogP contribution is 2.37. The molecule has 1 aliphatic heterocycles. The third-order valence-electron chi connectivity index (χ3n) is 5.00. The number of methoxy groups -OCH3 is 1. The molecule has 4 rings (SSSR count). The number of hydrazone groups is 1. The van der Waals surface area contributed by atoms with E-state index in [1.165, 1.54) is 0 Å². The van der Waals surface area contributed by atoms with Crippen LogP contribution >= 0.6 is 27.5 Å². The molecule has 0 radical (unpaired) electrons. The van der Waals surface area contributed by atoms with Crippen molar-refractivity contribution >= 4 is 45.5 Å². The number of morpholine rings is 1. The predicted molar refractivity (Wildman–Crippen MR) is 133 cm³/mol. The van der Waals surface area contributed by atoms with Crippen molar-refractivity contribution in [2.24, 2.45) is 5.10 Å². The maximum atomic E-state index is 14.2. The summed E-state index contributed by atoms with van der Waals surface area (Å²) >= 11 is 9.74. The highest BCUT2D eigenvalue weighted by atomic mass is 79.9. The molecule has 1 N–H and O–H groups in total. The monoisotopic (exact) mass is 549 g/mol. The summed E-state index contributed by atoms with van der Waals surface area (Å²) in [7, 11) is 1.56. The molecule has 0 atom stereocenters. The first-order valence-corrected chi connectivity index (χ1v) is 11.6. The van der Waals surface area contributed by atoms with Gasteiger partial charge in [0.05, 0.1) is 37.2 Å². The lowest BCUT2D eigenvalue weighted by atomic mass is 10.2. The summed E-state index contributed by atoms with van der Waals surface area (Å²) in [5.74, 6) is 0.989. The van der Waals surface area contributed by atoms with Gasteiger partial charge in [-0.1, -0.05) is 29.8 Å².